The number of nitrogens with one attached hydrogen (secondary N) is 2. The molecule has 0 saturated heterocycles. The van der Waals surface area contributed by atoms with E-state index in [2.05, 4.69) is 23.1 Å². The topological polar surface area (TPSA) is 80.3 Å². The lowest BCUT2D eigenvalue weighted by atomic mass is 10.4. The molecular weight excluding hydrogens is 178 g/mol. The molecular formula is C6H7N3O2S. The van der Waals surface area contributed by atoms with Crippen molar-refractivity contribution in [2.24, 2.45) is 5.73 Å². The maximum atomic E-state index is 11.0. The minimum Gasteiger partial charge on any atom is -0.459 e. The zero-order chi connectivity index (χ0) is 8.97. The Bertz CT molecular complexity index is 283. The zero-order valence-corrected chi connectivity index (χ0v) is 6.85. The first-order valence-corrected chi connectivity index (χ1v) is 3.50. The van der Waals surface area contributed by atoms with E-state index in [0.717, 1.165) is 0 Å². The van der Waals surface area contributed by atoms with E-state index < -0.39 is 5.91 Å². The molecule has 1 heterocycles. The van der Waals surface area contributed by atoms with Crippen LogP contribution < -0.4 is 16.6 Å². The molecule has 6 heteroatoms. The van der Waals surface area contributed by atoms with Crippen LogP contribution in [0.25, 0.3) is 0 Å². The quantitative estimate of drug-likeness (QED) is 0.415. The van der Waals surface area contributed by atoms with Crippen LogP contribution in [-0.2, 0) is 0 Å². The summed E-state index contributed by atoms with van der Waals surface area (Å²) in [7, 11) is 0. The fraction of sp³-hybridized carbons (Fsp3) is 0. The summed E-state index contributed by atoms with van der Waals surface area (Å²) in [5.41, 5.74) is 9.59. The average Bonchev–Trinajstić information content (AvgIpc) is 2.51. The normalized spacial score (nSPS) is 9.00. The second-order valence-electron chi connectivity index (χ2n) is 1.92. The van der Waals surface area contributed by atoms with Crippen molar-refractivity contribution in [1.82, 2.24) is 10.9 Å². The van der Waals surface area contributed by atoms with Crippen molar-refractivity contribution in [1.29, 1.82) is 0 Å². The molecule has 0 bridgehead atoms. The summed E-state index contributed by atoms with van der Waals surface area (Å²) in [4.78, 5) is 11.0. The number of rotatable bonds is 1. The number of hydrogen-bond donors (Lipinski definition) is 3. The Hall–Kier alpha value is -1.56. The molecule has 1 amide bonds. The Morgan fingerprint density at radius 1 is 1.58 bits per heavy atom. The lowest BCUT2D eigenvalue weighted by Gasteiger charge is -2.02. The zero-order valence-electron chi connectivity index (χ0n) is 6.03. The third kappa shape index (κ3) is 2.24. The summed E-state index contributed by atoms with van der Waals surface area (Å²) in [6.45, 7) is 0. The molecule has 0 aromatic carbocycles. The molecule has 0 aliphatic carbocycles. The maximum Gasteiger partial charge on any atom is 0.305 e. The summed E-state index contributed by atoms with van der Waals surface area (Å²) in [5.74, 6) is -0.230. The van der Waals surface area contributed by atoms with Crippen molar-refractivity contribution in [2.45, 2.75) is 0 Å². The van der Waals surface area contributed by atoms with Crippen molar-refractivity contribution < 1.29 is 9.21 Å². The number of thiocarbonyl (C=S) groups is 1. The van der Waals surface area contributed by atoms with E-state index in [-0.39, 0.29) is 10.9 Å². The van der Waals surface area contributed by atoms with Crippen LogP contribution in [0, 0.1) is 0 Å². The number of nitrogens with two attached hydrogens (primary N) is 1. The van der Waals surface area contributed by atoms with Crippen LogP contribution in [-0.4, -0.2) is 11.0 Å². The van der Waals surface area contributed by atoms with Crippen LogP contribution in [0.3, 0.4) is 0 Å². The van der Waals surface area contributed by atoms with Gasteiger partial charge in [0.25, 0.3) is 0 Å². The monoisotopic (exact) mass is 185 g/mol. The first-order valence-electron chi connectivity index (χ1n) is 3.09. The molecule has 5 nitrogen and oxygen atoms in total. The first-order chi connectivity index (χ1) is 5.70. The van der Waals surface area contributed by atoms with Gasteiger partial charge in [-0.15, -0.1) is 0 Å². The van der Waals surface area contributed by atoms with Crippen molar-refractivity contribution >= 4 is 23.2 Å². The molecule has 0 spiro atoms. The van der Waals surface area contributed by atoms with Crippen molar-refractivity contribution in [3.05, 3.63) is 24.2 Å². The number of hydrogen-bond acceptors (Lipinski definition) is 3. The highest BCUT2D eigenvalue weighted by molar-refractivity contribution is 7.80. The second kappa shape index (κ2) is 3.72. The van der Waals surface area contributed by atoms with Crippen LogP contribution in [0.4, 0.5) is 0 Å². The van der Waals surface area contributed by atoms with E-state index >= 15 is 0 Å². The minimum atomic E-state index is -0.423. The van der Waals surface area contributed by atoms with Gasteiger partial charge in [-0.25, -0.2) is 0 Å². The predicted molar refractivity (Wildman–Crippen MR) is 46.1 cm³/mol. The molecule has 1 aromatic heterocycles. The molecule has 1 aromatic rings. The van der Waals surface area contributed by atoms with E-state index in [1.165, 1.54) is 12.3 Å². The highest BCUT2D eigenvalue weighted by atomic mass is 32.1. The standard InChI is InChI=1S/C6H7N3O2S/c7-6(12)9-8-5(10)4-2-1-3-11-4/h1-3H,(H,8,10)(H3,7,9,12). The third-order valence-electron chi connectivity index (χ3n) is 1.04. The molecule has 0 atom stereocenters. The highest BCUT2D eigenvalue weighted by Gasteiger charge is 2.06. The fourth-order valence-corrected chi connectivity index (χ4v) is 0.639. The van der Waals surface area contributed by atoms with Gasteiger partial charge < -0.3 is 10.2 Å². The van der Waals surface area contributed by atoms with Gasteiger partial charge in [-0.1, -0.05) is 0 Å². The molecule has 0 fully saturated rings. The van der Waals surface area contributed by atoms with E-state index in [1.54, 1.807) is 6.07 Å². The summed E-state index contributed by atoms with van der Waals surface area (Å²) < 4.78 is 4.79. The van der Waals surface area contributed by atoms with Gasteiger partial charge in [0, 0.05) is 0 Å². The maximum absolute atomic E-state index is 11.0. The van der Waals surface area contributed by atoms with Crippen molar-refractivity contribution in [2.75, 3.05) is 0 Å². The number of furan rings is 1. The van der Waals surface area contributed by atoms with E-state index in [0.29, 0.717) is 0 Å². The number of carbonyl (C=O) groups is 1. The van der Waals surface area contributed by atoms with Gasteiger partial charge in [0.1, 0.15) is 0 Å². The number of amides is 1. The molecule has 0 aliphatic rings. The van der Waals surface area contributed by atoms with Gasteiger partial charge >= 0.3 is 5.91 Å². The highest BCUT2D eigenvalue weighted by Crippen LogP contribution is 1.97. The first kappa shape index (κ1) is 8.54. The largest absolute Gasteiger partial charge is 0.459 e. The van der Waals surface area contributed by atoms with Crippen LogP contribution >= 0.6 is 12.2 Å². The summed E-state index contributed by atoms with van der Waals surface area (Å²) in [6.07, 6.45) is 1.40. The number of carbonyl (C=O) groups excluding carboxylic acids is 1. The molecule has 0 radical (unpaired) electrons. The van der Waals surface area contributed by atoms with E-state index in [9.17, 15) is 4.79 Å². The average molecular weight is 185 g/mol. The van der Waals surface area contributed by atoms with Crippen LogP contribution in [0.15, 0.2) is 22.8 Å². The van der Waals surface area contributed by atoms with Gasteiger partial charge in [-0.05, 0) is 24.4 Å². The molecule has 4 N–H and O–H groups in total. The van der Waals surface area contributed by atoms with Gasteiger partial charge in [-0.2, -0.15) is 0 Å². The smallest absolute Gasteiger partial charge is 0.305 e. The van der Waals surface area contributed by atoms with E-state index in [1.807, 2.05) is 0 Å². The lowest BCUT2D eigenvalue weighted by Crippen LogP contribution is -2.44. The third-order valence-corrected chi connectivity index (χ3v) is 1.15. The lowest BCUT2D eigenvalue weighted by molar-refractivity contribution is 0.0916. The predicted octanol–water partition coefficient (Wildman–Crippen LogP) is -0.242. The summed E-state index contributed by atoms with van der Waals surface area (Å²) in [5, 5.41) is -0.00472. The molecule has 64 valence electrons. The Morgan fingerprint density at radius 3 is 2.83 bits per heavy atom. The van der Waals surface area contributed by atoms with Crippen LogP contribution in [0.1, 0.15) is 10.6 Å². The second-order valence-corrected chi connectivity index (χ2v) is 2.36. The molecule has 0 unspecified atom stereocenters. The Kier molecular flexibility index (Phi) is 2.65. The summed E-state index contributed by atoms with van der Waals surface area (Å²) >= 11 is 4.46. The Labute approximate surface area is 73.9 Å². The van der Waals surface area contributed by atoms with E-state index in [4.69, 9.17) is 10.2 Å². The Balaban J connectivity index is 2.45. The molecule has 0 aliphatic heterocycles. The molecule has 1 rings (SSSR count). The molecule has 0 saturated carbocycles. The van der Waals surface area contributed by atoms with Crippen molar-refractivity contribution in [3.8, 4) is 0 Å². The fourth-order valence-electron chi connectivity index (χ4n) is 0.588. The molecule has 12 heavy (non-hydrogen) atoms. The van der Waals surface area contributed by atoms with Gasteiger partial charge in [0.15, 0.2) is 10.9 Å². The summed E-state index contributed by atoms with van der Waals surface area (Å²) in [6, 6.07) is 3.13. The minimum absolute atomic E-state index is 0.00472. The van der Waals surface area contributed by atoms with Crippen molar-refractivity contribution in [3.63, 3.8) is 0 Å². The van der Waals surface area contributed by atoms with Gasteiger partial charge in [0.2, 0.25) is 0 Å². The number of hydrazine groups is 1. The SMILES string of the molecule is NC(=S)NNC(=O)c1ccco1. The van der Waals surface area contributed by atoms with Crippen LogP contribution in [0.2, 0.25) is 0 Å². The van der Waals surface area contributed by atoms with Crippen LogP contribution in [0.5, 0.6) is 0 Å². The Morgan fingerprint density at radius 2 is 2.33 bits per heavy atom. The van der Waals surface area contributed by atoms with Gasteiger partial charge in [0.05, 0.1) is 6.26 Å². The van der Waals surface area contributed by atoms with Gasteiger partial charge in [-0.3, -0.25) is 15.6 Å².